The molecule has 1 atom stereocenters. The molecular weight excluding hydrogens is 394 g/mol. The number of nitrogens with zero attached hydrogens (tertiary/aromatic N) is 4. The van der Waals surface area contributed by atoms with E-state index in [2.05, 4.69) is 58.8 Å². The van der Waals surface area contributed by atoms with E-state index in [1.54, 1.807) is 26.4 Å². The zero-order valence-corrected chi connectivity index (χ0v) is 18.6. The van der Waals surface area contributed by atoms with Gasteiger partial charge in [0, 0.05) is 5.56 Å². The first kappa shape index (κ1) is 22.3. The van der Waals surface area contributed by atoms with Gasteiger partial charge in [-0.15, -0.1) is 10.2 Å². The SMILES string of the molecule is COc1ccc(-c2nnn(CC(=O)NC(C)c3ccc(CC(C)C)cc3)n2)cc1OC. The molecule has 0 aliphatic carbocycles. The van der Waals surface area contributed by atoms with Crippen LogP contribution >= 0.6 is 0 Å². The van der Waals surface area contributed by atoms with E-state index >= 15 is 0 Å². The van der Waals surface area contributed by atoms with Crippen LogP contribution in [0, 0.1) is 5.92 Å². The first-order valence-electron chi connectivity index (χ1n) is 10.3. The third-order valence-electron chi connectivity index (χ3n) is 4.88. The van der Waals surface area contributed by atoms with Crippen molar-refractivity contribution in [3.8, 4) is 22.9 Å². The summed E-state index contributed by atoms with van der Waals surface area (Å²) in [5.41, 5.74) is 3.07. The molecular formula is C23H29N5O3. The Labute approximate surface area is 182 Å². The van der Waals surface area contributed by atoms with Crippen LogP contribution in [0.2, 0.25) is 0 Å². The van der Waals surface area contributed by atoms with Crippen LogP contribution < -0.4 is 14.8 Å². The number of carbonyl (C=O) groups is 1. The molecule has 0 bridgehead atoms. The van der Waals surface area contributed by atoms with Crippen LogP contribution in [-0.2, 0) is 17.8 Å². The summed E-state index contributed by atoms with van der Waals surface area (Å²) in [6, 6.07) is 13.6. The molecule has 3 aromatic rings. The predicted octanol–water partition coefficient (Wildman–Crippen LogP) is 3.43. The first-order valence-corrected chi connectivity index (χ1v) is 10.3. The van der Waals surface area contributed by atoms with Gasteiger partial charge in [0.25, 0.3) is 0 Å². The van der Waals surface area contributed by atoms with Gasteiger partial charge in [0.1, 0.15) is 6.54 Å². The lowest BCUT2D eigenvalue weighted by molar-refractivity contribution is -0.122. The molecule has 0 aliphatic heterocycles. The quantitative estimate of drug-likeness (QED) is 0.567. The van der Waals surface area contributed by atoms with Crippen molar-refractivity contribution in [2.75, 3.05) is 14.2 Å². The Morgan fingerprint density at radius 2 is 1.74 bits per heavy atom. The Morgan fingerprint density at radius 1 is 1.03 bits per heavy atom. The number of benzene rings is 2. The van der Waals surface area contributed by atoms with Gasteiger partial charge in [-0.25, -0.2) is 0 Å². The number of tetrazole rings is 1. The molecule has 31 heavy (non-hydrogen) atoms. The maximum atomic E-state index is 12.5. The average molecular weight is 424 g/mol. The number of ether oxygens (including phenoxy) is 2. The molecule has 164 valence electrons. The van der Waals surface area contributed by atoms with Crippen molar-refractivity contribution >= 4 is 5.91 Å². The van der Waals surface area contributed by atoms with Gasteiger partial charge in [-0.2, -0.15) is 4.80 Å². The van der Waals surface area contributed by atoms with Gasteiger partial charge in [0.15, 0.2) is 11.5 Å². The fourth-order valence-corrected chi connectivity index (χ4v) is 3.31. The van der Waals surface area contributed by atoms with Crippen LogP contribution in [0.4, 0.5) is 0 Å². The summed E-state index contributed by atoms with van der Waals surface area (Å²) in [6.07, 6.45) is 1.04. The number of methoxy groups -OCH3 is 2. The molecule has 0 aliphatic rings. The highest BCUT2D eigenvalue weighted by atomic mass is 16.5. The highest BCUT2D eigenvalue weighted by molar-refractivity contribution is 5.76. The van der Waals surface area contributed by atoms with Crippen molar-refractivity contribution < 1.29 is 14.3 Å². The number of hydrogen-bond donors (Lipinski definition) is 1. The number of carbonyl (C=O) groups excluding carboxylic acids is 1. The van der Waals surface area contributed by atoms with Crippen molar-refractivity contribution in [3.63, 3.8) is 0 Å². The second-order valence-corrected chi connectivity index (χ2v) is 7.84. The minimum absolute atomic E-state index is 0.0178. The summed E-state index contributed by atoms with van der Waals surface area (Å²) < 4.78 is 10.6. The third-order valence-corrected chi connectivity index (χ3v) is 4.88. The zero-order valence-electron chi connectivity index (χ0n) is 18.6. The lowest BCUT2D eigenvalue weighted by Crippen LogP contribution is -2.30. The number of rotatable bonds is 9. The molecule has 8 nitrogen and oxygen atoms in total. The lowest BCUT2D eigenvalue weighted by atomic mass is 10.00. The highest BCUT2D eigenvalue weighted by Gasteiger charge is 2.14. The third kappa shape index (κ3) is 5.81. The van der Waals surface area contributed by atoms with E-state index in [9.17, 15) is 4.79 Å². The first-order chi connectivity index (χ1) is 14.9. The summed E-state index contributed by atoms with van der Waals surface area (Å²) in [5, 5.41) is 15.3. The van der Waals surface area contributed by atoms with Gasteiger partial charge in [0.05, 0.1) is 20.3 Å². The number of hydrogen-bond acceptors (Lipinski definition) is 6. The maximum Gasteiger partial charge on any atom is 0.244 e. The molecule has 0 fully saturated rings. The highest BCUT2D eigenvalue weighted by Crippen LogP contribution is 2.30. The molecule has 8 heteroatoms. The molecule has 1 N–H and O–H groups in total. The largest absolute Gasteiger partial charge is 0.493 e. The van der Waals surface area contributed by atoms with Crippen LogP contribution in [0.25, 0.3) is 11.4 Å². The molecule has 0 radical (unpaired) electrons. The topological polar surface area (TPSA) is 91.2 Å². The van der Waals surface area contributed by atoms with Gasteiger partial charge < -0.3 is 14.8 Å². The van der Waals surface area contributed by atoms with E-state index in [4.69, 9.17) is 9.47 Å². The molecule has 3 rings (SSSR count). The summed E-state index contributed by atoms with van der Waals surface area (Å²) >= 11 is 0. The van der Waals surface area contributed by atoms with Crippen molar-refractivity contribution in [2.24, 2.45) is 5.92 Å². The maximum absolute atomic E-state index is 12.5. The van der Waals surface area contributed by atoms with E-state index in [0.29, 0.717) is 23.2 Å². The van der Waals surface area contributed by atoms with Crippen molar-refractivity contribution in [1.29, 1.82) is 0 Å². The Balaban J connectivity index is 1.61. The van der Waals surface area contributed by atoms with Crippen molar-refractivity contribution in [3.05, 3.63) is 53.6 Å². The van der Waals surface area contributed by atoms with E-state index in [1.807, 2.05) is 13.0 Å². The normalized spacial score (nSPS) is 11.9. The molecule has 1 amide bonds. The molecule has 1 aromatic heterocycles. The smallest absolute Gasteiger partial charge is 0.244 e. The molecule has 0 saturated heterocycles. The van der Waals surface area contributed by atoms with Crippen LogP contribution in [0.1, 0.15) is 37.9 Å². The molecule has 1 unspecified atom stereocenters. The Hall–Kier alpha value is -3.42. The molecule has 2 aromatic carbocycles. The lowest BCUT2D eigenvalue weighted by Gasteiger charge is -2.15. The number of amides is 1. The zero-order chi connectivity index (χ0) is 22.4. The molecule has 0 spiro atoms. The number of aromatic nitrogens is 4. The predicted molar refractivity (Wildman–Crippen MR) is 118 cm³/mol. The van der Waals surface area contributed by atoms with Gasteiger partial charge >= 0.3 is 0 Å². The fourth-order valence-electron chi connectivity index (χ4n) is 3.31. The average Bonchev–Trinajstić information content (AvgIpc) is 3.21. The van der Waals surface area contributed by atoms with Crippen LogP contribution in [0.3, 0.4) is 0 Å². The van der Waals surface area contributed by atoms with Gasteiger partial charge in [0.2, 0.25) is 11.7 Å². The molecule has 1 heterocycles. The Morgan fingerprint density at radius 3 is 2.39 bits per heavy atom. The monoisotopic (exact) mass is 423 g/mol. The standard InChI is InChI=1S/C23H29N5O3/c1-15(2)12-17-6-8-18(9-7-17)16(3)24-22(29)14-28-26-23(25-27-28)19-10-11-20(30-4)21(13-19)31-5/h6-11,13,15-16H,12,14H2,1-5H3,(H,24,29). The van der Waals surface area contributed by atoms with E-state index in [1.165, 1.54) is 10.4 Å². The summed E-state index contributed by atoms with van der Waals surface area (Å²) in [5.74, 6) is 2.02. The molecule has 0 saturated carbocycles. The van der Waals surface area contributed by atoms with Crippen molar-refractivity contribution in [1.82, 2.24) is 25.5 Å². The summed E-state index contributed by atoms with van der Waals surface area (Å²) in [4.78, 5) is 13.7. The van der Waals surface area contributed by atoms with Gasteiger partial charge in [-0.05, 0) is 53.8 Å². The van der Waals surface area contributed by atoms with Gasteiger partial charge in [-0.3, -0.25) is 4.79 Å². The van der Waals surface area contributed by atoms with Crippen molar-refractivity contribution in [2.45, 2.75) is 39.8 Å². The van der Waals surface area contributed by atoms with Crippen LogP contribution in [-0.4, -0.2) is 40.3 Å². The van der Waals surface area contributed by atoms with Crippen LogP contribution in [0.15, 0.2) is 42.5 Å². The van der Waals surface area contributed by atoms with E-state index < -0.39 is 0 Å². The minimum Gasteiger partial charge on any atom is -0.493 e. The van der Waals surface area contributed by atoms with E-state index in [-0.39, 0.29) is 18.5 Å². The van der Waals surface area contributed by atoms with Crippen LogP contribution in [0.5, 0.6) is 11.5 Å². The second kappa shape index (κ2) is 10.1. The van der Waals surface area contributed by atoms with Gasteiger partial charge in [-0.1, -0.05) is 38.1 Å². The fraction of sp³-hybridized carbons (Fsp3) is 0.391. The Kier molecular flexibility index (Phi) is 7.23. The summed E-state index contributed by atoms with van der Waals surface area (Å²) in [6.45, 7) is 6.34. The minimum atomic E-state index is -0.185. The second-order valence-electron chi connectivity index (χ2n) is 7.84. The number of nitrogens with one attached hydrogen (secondary N) is 1. The Bertz CT molecular complexity index is 1010. The van der Waals surface area contributed by atoms with E-state index in [0.717, 1.165) is 17.5 Å². The summed E-state index contributed by atoms with van der Waals surface area (Å²) in [7, 11) is 3.14.